The minimum absolute atomic E-state index is 0.115. The standard InChI is InChI=1S/C13H18N2O/c1-3-15-12(10-14)8-9-16-13-6-4-11(2)5-7-13/h4-7,12,15H,3,8-9H2,1-2H3. The lowest BCUT2D eigenvalue weighted by molar-refractivity contribution is 0.298. The van der Waals surface area contributed by atoms with Crippen molar-refractivity contribution in [1.82, 2.24) is 5.32 Å². The van der Waals surface area contributed by atoms with Crippen LogP contribution in [0.15, 0.2) is 24.3 Å². The minimum Gasteiger partial charge on any atom is -0.493 e. The fourth-order valence-corrected chi connectivity index (χ4v) is 1.39. The number of benzene rings is 1. The van der Waals surface area contributed by atoms with Crippen LogP contribution in [-0.4, -0.2) is 19.2 Å². The van der Waals surface area contributed by atoms with E-state index >= 15 is 0 Å². The van der Waals surface area contributed by atoms with E-state index in [0.29, 0.717) is 13.0 Å². The van der Waals surface area contributed by atoms with Gasteiger partial charge in [0.05, 0.1) is 18.7 Å². The first kappa shape index (κ1) is 12.5. The topological polar surface area (TPSA) is 45.0 Å². The molecule has 0 spiro atoms. The normalized spacial score (nSPS) is 11.8. The fraction of sp³-hybridized carbons (Fsp3) is 0.462. The summed E-state index contributed by atoms with van der Waals surface area (Å²) < 4.78 is 5.55. The number of nitrogens with one attached hydrogen (secondary N) is 1. The van der Waals surface area contributed by atoms with Crippen molar-refractivity contribution in [3.63, 3.8) is 0 Å². The third kappa shape index (κ3) is 4.33. The molecular formula is C13H18N2O. The molecule has 0 fully saturated rings. The quantitative estimate of drug-likeness (QED) is 0.796. The van der Waals surface area contributed by atoms with Gasteiger partial charge in [0, 0.05) is 6.42 Å². The Morgan fingerprint density at radius 3 is 2.62 bits per heavy atom. The van der Waals surface area contributed by atoms with Crippen LogP contribution in [-0.2, 0) is 0 Å². The van der Waals surface area contributed by atoms with Gasteiger partial charge in [-0.1, -0.05) is 24.6 Å². The monoisotopic (exact) mass is 218 g/mol. The second kappa shape index (κ2) is 6.86. The van der Waals surface area contributed by atoms with Crippen molar-refractivity contribution in [1.29, 1.82) is 5.26 Å². The highest BCUT2D eigenvalue weighted by Crippen LogP contribution is 2.11. The Morgan fingerprint density at radius 1 is 1.38 bits per heavy atom. The summed E-state index contributed by atoms with van der Waals surface area (Å²) in [6, 6.07) is 10.0. The van der Waals surface area contributed by atoms with Gasteiger partial charge in [0.25, 0.3) is 0 Å². The molecule has 0 aliphatic heterocycles. The molecule has 3 nitrogen and oxygen atoms in total. The molecular weight excluding hydrogens is 200 g/mol. The second-order valence-corrected chi connectivity index (χ2v) is 3.69. The molecule has 1 rings (SSSR count). The molecule has 1 aromatic rings. The SMILES string of the molecule is CCNC(C#N)CCOc1ccc(C)cc1. The van der Waals surface area contributed by atoms with Gasteiger partial charge in [-0.2, -0.15) is 5.26 Å². The number of hydrogen-bond acceptors (Lipinski definition) is 3. The predicted octanol–water partition coefficient (Wildman–Crippen LogP) is 2.27. The van der Waals surface area contributed by atoms with E-state index in [1.54, 1.807) is 0 Å². The maximum Gasteiger partial charge on any atom is 0.119 e. The largest absolute Gasteiger partial charge is 0.493 e. The van der Waals surface area contributed by atoms with E-state index in [2.05, 4.69) is 11.4 Å². The number of nitriles is 1. The molecule has 0 aliphatic carbocycles. The number of nitrogens with zero attached hydrogens (tertiary/aromatic N) is 1. The zero-order valence-electron chi connectivity index (χ0n) is 9.86. The molecule has 16 heavy (non-hydrogen) atoms. The first-order chi connectivity index (χ1) is 7.76. The van der Waals surface area contributed by atoms with Gasteiger partial charge >= 0.3 is 0 Å². The highest BCUT2D eigenvalue weighted by Gasteiger charge is 2.04. The van der Waals surface area contributed by atoms with Crippen LogP contribution in [0.25, 0.3) is 0 Å². The maximum absolute atomic E-state index is 8.82. The van der Waals surface area contributed by atoms with E-state index < -0.39 is 0 Å². The Balaban J connectivity index is 2.30. The molecule has 1 atom stereocenters. The van der Waals surface area contributed by atoms with Crippen LogP contribution >= 0.6 is 0 Å². The predicted molar refractivity (Wildman–Crippen MR) is 64.4 cm³/mol. The van der Waals surface area contributed by atoms with E-state index in [1.807, 2.05) is 38.1 Å². The van der Waals surface area contributed by atoms with Crippen molar-refractivity contribution in [2.24, 2.45) is 0 Å². The number of rotatable bonds is 6. The molecule has 3 heteroatoms. The Labute approximate surface area is 97.0 Å². The van der Waals surface area contributed by atoms with Crippen LogP contribution in [0.5, 0.6) is 5.75 Å². The van der Waals surface area contributed by atoms with Gasteiger partial charge in [0.15, 0.2) is 0 Å². The molecule has 86 valence electrons. The summed E-state index contributed by atoms with van der Waals surface area (Å²) in [5.41, 5.74) is 1.22. The van der Waals surface area contributed by atoms with Gasteiger partial charge in [0.2, 0.25) is 0 Å². The minimum atomic E-state index is -0.115. The van der Waals surface area contributed by atoms with Crippen LogP contribution < -0.4 is 10.1 Å². The van der Waals surface area contributed by atoms with Gasteiger partial charge in [-0.15, -0.1) is 0 Å². The Kier molecular flexibility index (Phi) is 5.38. The summed E-state index contributed by atoms with van der Waals surface area (Å²) in [7, 11) is 0. The molecule has 0 aliphatic rings. The van der Waals surface area contributed by atoms with E-state index in [0.717, 1.165) is 12.3 Å². The fourth-order valence-electron chi connectivity index (χ4n) is 1.39. The number of ether oxygens (including phenoxy) is 1. The maximum atomic E-state index is 8.82. The molecule has 0 saturated carbocycles. The smallest absolute Gasteiger partial charge is 0.119 e. The molecule has 0 saturated heterocycles. The zero-order valence-corrected chi connectivity index (χ0v) is 9.86. The molecule has 0 heterocycles. The summed E-state index contributed by atoms with van der Waals surface area (Å²) in [6.45, 7) is 5.41. The number of aryl methyl sites for hydroxylation is 1. The van der Waals surface area contributed by atoms with Crippen LogP contribution in [0, 0.1) is 18.3 Å². The summed E-state index contributed by atoms with van der Waals surface area (Å²) in [5, 5.41) is 11.9. The van der Waals surface area contributed by atoms with Crippen molar-refractivity contribution in [2.75, 3.05) is 13.2 Å². The number of hydrogen-bond donors (Lipinski definition) is 1. The van der Waals surface area contributed by atoms with Crippen LogP contribution in [0.1, 0.15) is 18.9 Å². The van der Waals surface area contributed by atoms with Gasteiger partial charge in [0.1, 0.15) is 5.75 Å². The lowest BCUT2D eigenvalue weighted by atomic mass is 10.2. The first-order valence-electron chi connectivity index (χ1n) is 5.58. The molecule has 0 radical (unpaired) electrons. The Bertz CT molecular complexity index is 340. The lowest BCUT2D eigenvalue weighted by Gasteiger charge is -2.10. The zero-order chi connectivity index (χ0) is 11.8. The average molecular weight is 218 g/mol. The molecule has 0 aromatic heterocycles. The van der Waals surface area contributed by atoms with E-state index in [1.165, 1.54) is 5.56 Å². The molecule has 1 N–H and O–H groups in total. The first-order valence-corrected chi connectivity index (χ1v) is 5.58. The average Bonchev–Trinajstić information content (AvgIpc) is 2.30. The summed E-state index contributed by atoms with van der Waals surface area (Å²) >= 11 is 0. The third-order valence-electron chi connectivity index (χ3n) is 2.30. The van der Waals surface area contributed by atoms with Crippen LogP contribution in [0.3, 0.4) is 0 Å². The van der Waals surface area contributed by atoms with Crippen molar-refractivity contribution >= 4 is 0 Å². The van der Waals surface area contributed by atoms with Gasteiger partial charge < -0.3 is 10.1 Å². The lowest BCUT2D eigenvalue weighted by Crippen LogP contribution is -2.28. The van der Waals surface area contributed by atoms with Crippen molar-refractivity contribution in [2.45, 2.75) is 26.3 Å². The van der Waals surface area contributed by atoms with E-state index in [-0.39, 0.29) is 6.04 Å². The summed E-state index contributed by atoms with van der Waals surface area (Å²) in [4.78, 5) is 0. The Morgan fingerprint density at radius 2 is 2.06 bits per heavy atom. The van der Waals surface area contributed by atoms with Gasteiger partial charge in [-0.25, -0.2) is 0 Å². The van der Waals surface area contributed by atoms with E-state index in [9.17, 15) is 0 Å². The van der Waals surface area contributed by atoms with Gasteiger partial charge in [-0.3, -0.25) is 0 Å². The Hall–Kier alpha value is -1.53. The molecule has 0 bridgehead atoms. The highest BCUT2D eigenvalue weighted by atomic mass is 16.5. The van der Waals surface area contributed by atoms with Crippen molar-refractivity contribution < 1.29 is 4.74 Å². The van der Waals surface area contributed by atoms with Crippen molar-refractivity contribution in [3.05, 3.63) is 29.8 Å². The van der Waals surface area contributed by atoms with Crippen LogP contribution in [0.4, 0.5) is 0 Å². The highest BCUT2D eigenvalue weighted by molar-refractivity contribution is 5.26. The molecule has 1 aromatic carbocycles. The van der Waals surface area contributed by atoms with E-state index in [4.69, 9.17) is 10.00 Å². The summed E-state index contributed by atoms with van der Waals surface area (Å²) in [5.74, 6) is 0.860. The third-order valence-corrected chi connectivity index (χ3v) is 2.30. The van der Waals surface area contributed by atoms with Crippen LogP contribution in [0.2, 0.25) is 0 Å². The second-order valence-electron chi connectivity index (χ2n) is 3.69. The molecule has 0 amide bonds. The molecule has 1 unspecified atom stereocenters. The van der Waals surface area contributed by atoms with Gasteiger partial charge in [-0.05, 0) is 25.6 Å². The summed E-state index contributed by atoms with van der Waals surface area (Å²) in [6.07, 6.45) is 0.707. The van der Waals surface area contributed by atoms with Crippen molar-refractivity contribution in [3.8, 4) is 11.8 Å².